The molecule has 2 rings (SSSR count). The zero-order valence-corrected chi connectivity index (χ0v) is 10.2. The minimum atomic E-state index is 0.0990. The molecule has 2 saturated heterocycles. The summed E-state index contributed by atoms with van der Waals surface area (Å²) in [5.74, 6) is 0. The largest absolute Gasteiger partial charge is 0.333 e. The van der Waals surface area contributed by atoms with Crippen LogP contribution in [-0.2, 0) is 0 Å². The van der Waals surface area contributed by atoms with E-state index < -0.39 is 0 Å². The monoisotopic (exact) mass is 226 g/mol. The molecule has 92 valence electrons. The van der Waals surface area contributed by atoms with Crippen molar-refractivity contribution in [3.8, 4) is 0 Å². The zero-order valence-electron chi connectivity index (χ0n) is 10.2. The SMILES string of the molecule is CCC1CN(CC2CN(C)CCN2)C(=O)N1. The van der Waals surface area contributed by atoms with Crippen LogP contribution >= 0.6 is 0 Å². The first-order chi connectivity index (χ1) is 7.69. The van der Waals surface area contributed by atoms with Crippen molar-refractivity contribution < 1.29 is 4.79 Å². The number of urea groups is 1. The quantitative estimate of drug-likeness (QED) is 0.694. The topological polar surface area (TPSA) is 47.6 Å². The molecule has 2 unspecified atom stereocenters. The number of carbonyl (C=O) groups is 1. The summed E-state index contributed by atoms with van der Waals surface area (Å²) in [5.41, 5.74) is 0. The van der Waals surface area contributed by atoms with Crippen LogP contribution in [0.4, 0.5) is 4.79 Å². The first-order valence-electron chi connectivity index (χ1n) is 6.16. The molecule has 0 aromatic rings. The summed E-state index contributed by atoms with van der Waals surface area (Å²) in [7, 11) is 2.13. The molecule has 2 aliphatic rings. The third kappa shape index (κ3) is 2.65. The summed E-state index contributed by atoms with van der Waals surface area (Å²) in [6.45, 7) is 6.94. The van der Waals surface area contributed by atoms with Gasteiger partial charge in [-0.15, -0.1) is 0 Å². The third-order valence-corrected chi connectivity index (χ3v) is 3.45. The lowest BCUT2D eigenvalue weighted by atomic mass is 10.2. The summed E-state index contributed by atoms with van der Waals surface area (Å²) in [5, 5.41) is 6.47. The summed E-state index contributed by atoms with van der Waals surface area (Å²) in [6.07, 6.45) is 1.01. The molecule has 0 aliphatic carbocycles. The van der Waals surface area contributed by atoms with Crippen LogP contribution in [-0.4, -0.2) is 67.7 Å². The molecule has 0 aromatic heterocycles. The van der Waals surface area contributed by atoms with Crippen molar-refractivity contribution in [1.29, 1.82) is 0 Å². The van der Waals surface area contributed by atoms with Crippen LogP contribution in [0.2, 0.25) is 0 Å². The normalized spacial score (nSPS) is 31.9. The van der Waals surface area contributed by atoms with Gasteiger partial charge in [-0.2, -0.15) is 0 Å². The van der Waals surface area contributed by atoms with Crippen molar-refractivity contribution in [3.63, 3.8) is 0 Å². The maximum Gasteiger partial charge on any atom is 0.317 e. The van der Waals surface area contributed by atoms with Gasteiger partial charge in [0, 0.05) is 44.8 Å². The van der Waals surface area contributed by atoms with Crippen LogP contribution in [0.3, 0.4) is 0 Å². The molecule has 16 heavy (non-hydrogen) atoms. The van der Waals surface area contributed by atoms with Gasteiger partial charge in [0.05, 0.1) is 0 Å². The fourth-order valence-corrected chi connectivity index (χ4v) is 2.43. The first-order valence-corrected chi connectivity index (χ1v) is 6.16. The minimum absolute atomic E-state index is 0.0990. The number of rotatable bonds is 3. The number of hydrogen-bond donors (Lipinski definition) is 2. The Hall–Kier alpha value is -0.810. The van der Waals surface area contributed by atoms with E-state index >= 15 is 0 Å². The van der Waals surface area contributed by atoms with Crippen molar-refractivity contribution >= 4 is 6.03 Å². The fraction of sp³-hybridized carbons (Fsp3) is 0.909. The molecule has 0 aromatic carbocycles. The predicted octanol–water partition coefficient (Wildman–Crippen LogP) is -0.306. The van der Waals surface area contributed by atoms with Crippen LogP contribution in [0.5, 0.6) is 0 Å². The number of piperazine rings is 1. The molecule has 0 spiro atoms. The van der Waals surface area contributed by atoms with Gasteiger partial charge in [0.2, 0.25) is 0 Å². The smallest absolute Gasteiger partial charge is 0.317 e. The standard InChI is InChI=1S/C11H22N4O/c1-3-9-7-15(11(16)13-9)8-10-6-14(2)5-4-12-10/h9-10,12H,3-8H2,1-2H3,(H,13,16). The second kappa shape index (κ2) is 5.01. The molecule has 2 atom stereocenters. The highest BCUT2D eigenvalue weighted by Crippen LogP contribution is 2.08. The molecular weight excluding hydrogens is 204 g/mol. The number of amides is 2. The Kier molecular flexibility index (Phi) is 3.66. The highest BCUT2D eigenvalue weighted by Gasteiger charge is 2.30. The Labute approximate surface area is 97.2 Å². The van der Waals surface area contributed by atoms with E-state index in [0.29, 0.717) is 12.1 Å². The van der Waals surface area contributed by atoms with Gasteiger partial charge in [-0.3, -0.25) is 0 Å². The van der Waals surface area contributed by atoms with Crippen molar-refractivity contribution in [2.24, 2.45) is 0 Å². The van der Waals surface area contributed by atoms with Crippen molar-refractivity contribution in [2.45, 2.75) is 25.4 Å². The lowest BCUT2D eigenvalue weighted by molar-refractivity contribution is 0.186. The molecule has 5 nitrogen and oxygen atoms in total. The Balaban J connectivity index is 1.82. The van der Waals surface area contributed by atoms with Gasteiger partial charge < -0.3 is 20.4 Å². The summed E-state index contributed by atoms with van der Waals surface area (Å²) in [4.78, 5) is 15.9. The lowest BCUT2D eigenvalue weighted by Crippen LogP contribution is -2.54. The van der Waals surface area contributed by atoms with E-state index in [-0.39, 0.29) is 6.03 Å². The molecule has 2 fully saturated rings. The molecule has 2 heterocycles. The number of nitrogens with zero attached hydrogens (tertiary/aromatic N) is 2. The van der Waals surface area contributed by atoms with E-state index in [9.17, 15) is 4.79 Å². The van der Waals surface area contributed by atoms with Gasteiger partial charge in [0.15, 0.2) is 0 Å². The summed E-state index contributed by atoms with van der Waals surface area (Å²) < 4.78 is 0. The zero-order chi connectivity index (χ0) is 11.5. The van der Waals surface area contributed by atoms with Crippen molar-refractivity contribution in [2.75, 3.05) is 39.8 Å². The maximum absolute atomic E-state index is 11.7. The van der Waals surface area contributed by atoms with E-state index in [1.807, 2.05) is 4.90 Å². The van der Waals surface area contributed by atoms with E-state index in [1.165, 1.54) is 0 Å². The lowest BCUT2D eigenvalue weighted by Gasteiger charge is -2.33. The molecule has 0 saturated carbocycles. The average Bonchev–Trinajstić information content (AvgIpc) is 2.60. The maximum atomic E-state index is 11.7. The molecule has 0 radical (unpaired) electrons. The van der Waals surface area contributed by atoms with Crippen LogP contribution in [0.25, 0.3) is 0 Å². The Morgan fingerprint density at radius 2 is 2.19 bits per heavy atom. The molecule has 2 aliphatic heterocycles. The number of nitrogens with one attached hydrogen (secondary N) is 2. The van der Waals surface area contributed by atoms with Gasteiger partial charge in [-0.05, 0) is 13.5 Å². The first kappa shape index (κ1) is 11.7. The average molecular weight is 226 g/mol. The number of carbonyl (C=O) groups excluding carboxylic acids is 1. The molecule has 0 bridgehead atoms. The van der Waals surface area contributed by atoms with E-state index in [2.05, 4.69) is 29.5 Å². The van der Waals surface area contributed by atoms with Crippen LogP contribution in [0, 0.1) is 0 Å². The van der Waals surface area contributed by atoms with Gasteiger partial charge in [0.25, 0.3) is 0 Å². The number of hydrogen-bond acceptors (Lipinski definition) is 3. The Morgan fingerprint density at radius 3 is 2.81 bits per heavy atom. The van der Waals surface area contributed by atoms with E-state index in [0.717, 1.165) is 39.1 Å². The fourth-order valence-electron chi connectivity index (χ4n) is 2.43. The van der Waals surface area contributed by atoms with Gasteiger partial charge >= 0.3 is 6.03 Å². The van der Waals surface area contributed by atoms with Crippen LogP contribution < -0.4 is 10.6 Å². The molecule has 2 amide bonds. The van der Waals surface area contributed by atoms with Crippen LogP contribution in [0.15, 0.2) is 0 Å². The Bertz CT molecular complexity index is 258. The van der Waals surface area contributed by atoms with E-state index in [1.54, 1.807) is 0 Å². The van der Waals surface area contributed by atoms with Crippen LogP contribution in [0.1, 0.15) is 13.3 Å². The predicted molar refractivity (Wildman–Crippen MR) is 63.5 cm³/mol. The third-order valence-electron chi connectivity index (χ3n) is 3.45. The molecular formula is C11H22N4O. The minimum Gasteiger partial charge on any atom is -0.333 e. The molecule has 5 heteroatoms. The van der Waals surface area contributed by atoms with Gasteiger partial charge in [0.1, 0.15) is 0 Å². The number of likely N-dealkylation sites (N-methyl/N-ethyl adjacent to an activating group) is 1. The van der Waals surface area contributed by atoms with E-state index in [4.69, 9.17) is 0 Å². The second-order valence-corrected chi connectivity index (χ2v) is 4.87. The summed E-state index contributed by atoms with van der Waals surface area (Å²) >= 11 is 0. The second-order valence-electron chi connectivity index (χ2n) is 4.87. The van der Waals surface area contributed by atoms with Crippen molar-refractivity contribution in [3.05, 3.63) is 0 Å². The molecule has 2 N–H and O–H groups in total. The van der Waals surface area contributed by atoms with Crippen molar-refractivity contribution in [1.82, 2.24) is 20.4 Å². The van der Waals surface area contributed by atoms with Gasteiger partial charge in [-0.25, -0.2) is 4.79 Å². The van der Waals surface area contributed by atoms with Gasteiger partial charge in [-0.1, -0.05) is 6.92 Å². The Morgan fingerprint density at radius 1 is 1.38 bits per heavy atom. The highest BCUT2D eigenvalue weighted by atomic mass is 16.2. The summed E-state index contributed by atoms with van der Waals surface area (Å²) in [6, 6.07) is 0.857. The highest BCUT2D eigenvalue weighted by molar-refractivity contribution is 5.76.